The Kier molecular flexibility index (Phi) is 4.54. The molecule has 1 aliphatic heterocycles. The number of sulfone groups is 1. The van der Waals surface area contributed by atoms with Crippen molar-refractivity contribution < 1.29 is 22.7 Å². The number of rotatable bonds is 4. The second kappa shape index (κ2) is 6.93. The Balaban J connectivity index is 1.77. The molecule has 1 N–H and O–H groups in total. The zero-order valence-electron chi connectivity index (χ0n) is 16.1. The number of ether oxygens (including phenoxy) is 2. The number of nitrogens with zero attached hydrogens (tertiary/aromatic N) is 2. The summed E-state index contributed by atoms with van der Waals surface area (Å²) in [7, 11) is 1.14. The molecule has 0 unspecified atom stereocenters. The number of hydrogen-bond donors (Lipinski definition) is 1. The summed E-state index contributed by atoms with van der Waals surface area (Å²) in [5, 5.41) is 7.07. The van der Waals surface area contributed by atoms with Crippen LogP contribution in [0.1, 0.15) is 16.1 Å². The number of amides is 1. The van der Waals surface area contributed by atoms with Crippen LogP contribution in [0.25, 0.3) is 11.3 Å². The van der Waals surface area contributed by atoms with E-state index in [0.717, 1.165) is 0 Å². The van der Waals surface area contributed by atoms with Crippen molar-refractivity contribution in [2.24, 2.45) is 7.05 Å². The first-order chi connectivity index (χ1) is 13.9. The van der Waals surface area contributed by atoms with E-state index < -0.39 is 15.7 Å². The highest BCUT2D eigenvalue weighted by Crippen LogP contribution is 2.39. The van der Waals surface area contributed by atoms with Gasteiger partial charge in [0.15, 0.2) is 15.5 Å². The van der Waals surface area contributed by atoms with E-state index in [4.69, 9.17) is 9.47 Å². The molecule has 2 heterocycles. The van der Waals surface area contributed by atoms with Crippen LogP contribution in [0, 0.1) is 0 Å². The highest BCUT2D eigenvalue weighted by atomic mass is 32.2. The SMILES string of the molecule is COc1ccc(NC(=O)c2nn(C)c3c2CS(=O)(=O)c2ccccc2-3)c(OC)c1. The molecule has 0 fully saturated rings. The Morgan fingerprint density at radius 2 is 1.90 bits per heavy atom. The van der Waals surface area contributed by atoms with Crippen LogP contribution in [-0.4, -0.2) is 38.3 Å². The smallest absolute Gasteiger partial charge is 0.276 e. The number of anilines is 1. The Bertz CT molecular complexity index is 1230. The molecule has 1 aromatic heterocycles. The first-order valence-corrected chi connectivity index (χ1v) is 10.4. The van der Waals surface area contributed by atoms with Crippen LogP contribution in [-0.2, 0) is 22.6 Å². The van der Waals surface area contributed by atoms with Crippen LogP contribution in [0.3, 0.4) is 0 Å². The van der Waals surface area contributed by atoms with Gasteiger partial charge in [0.05, 0.1) is 36.2 Å². The number of fused-ring (bicyclic) bond motifs is 3. The number of aromatic nitrogens is 2. The highest BCUT2D eigenvalue weighted by Gasteiger charge is 2.34. The molecular formula is C20H19N3O5S. The van der Waals surface area contributed by atoms with Gasteiger partial charge >= 0.3 is 0 Å². The van der Waals surface area contributed by atoms with E-state index in [9.17, 15) is 13.2 Å². The molecule has 0 atom stereocenters. The molecule has 3 aromatic rings. The summed E-state index contributed by atoms with van der Waals surface area (Å²) >= 11 is 0. The average Bonchev–Trinajstić information content (AvgIpc) is 3.04. The van der Waals surface area contributed by atoms with Crippen molar-refractivity contribution in [3.8, 4) is 22.8 Å². The minimum atomic E-state index is -3.57. The fraction of sp³-hybridized carbons (Fsp3) is 0.200. The largest absolute Gasteiger partial charge is 0.497 e. The van der Waals surface area contributed by atoms with Gasteiger partial charge in [0.1, 0.15) is 11.5 Å². The molecule has 9 heteroatoms. The summed E-state index contributed by atoms with van der Waals surface area (Å²) in [4.78, 5) is 13.2. The fourth-order valence-corrected chi connectivity index (χ4v) is 5.10. The lowest BCUT2D eigenvalue weighted by Crippen LogP contribution is -2.18. The van der Waals surface area contributed by atoms with Gasteiger partial charge in [0.25, 0.3) is 5.91 Å². The number of benzene rings is 2. The van der Waals surface area contributed by atoms with Gasteiger partial charge in [-0.25, -0.2) is 8.42 Å². The number of methoxy groups -OCH3 is 2. The molecule has 1 aliphatic rings. The standard InChI is InChI=1S/C20H19N3O5S/c1-23-19-13-6-4-5-7-17(13)29(25,26)11-14(19)18(22-23)20(24)21-15-9-8-12(27-2)10-16(15)28-3/h4-10H,11H2,1-3H3,(H,21,24). The molecule has 0 aliphatic carbocycles. The summed E-state index contributed by atoms with van der Waals surface area (Å²) in [6.07, 6.45) is 0. The summed E-state index contributed by atoms with van der Waals surface area (Å²) in [5.41, 5.74) is 2.05. The zero-order chi connectivity index (χ0) is 20.8. The van der Waals surface area contributed by atoms with Gasteiger partial charge in [-0.1, -0.05) is 18.2 Å². The molecule has 0 radical (unpaired) electrons. The third-order valence-electron chi connectivity index (χ3n) is 4.83. The minimum absolute atomic E-state index is 0.0680. The lowest BCUT2D eigenvalue weighted by atomic mass is 10.1. The van der Waals surface area contributed by atoms with E-state index in [1.807, 2.05) is 0 Å². The van der Waals surface area contributed by atoms with Gasteiger partial charge in [-0.15, -0.1) is 0 Å². The van der Waals surface area contributed by atoms with Crippen molar-refractivity contribution in [3.05, 3.63) is 53.7 Å². The van der Waals surface area contributed by atoms with E-state index in [1.54, 1.807) is 54.2 Å². The second-order valence-corrected chi connectivity index (χ2v) is 8.53. The minimum Gasteiger partial charge on any atom is -0.497 e. The summed E-state index contributed by atoms with van der Waals surface area (Å²) in [6.45, 7) is 0. The molecule has 0 saturated heterocycles. The number of carbonyl (C=O) groups excluding carboxylic acids is 1. The van der Waals surface area contributed by atoms with Crippen molar-refractivity contribution >= 4 is 21.4 Å². The molecule has 0 bridgehead atoms. The fourth-order valence-electron chi connectivity index (χ4n) is 3.51. The van der Waals surface area contributed by atoms with E-state index >= 15 is 0 Å². The monoisotopic (exact) mass is 413 g/mol. The third kappa shape index (κ3) is 3.13. The van der Waals surface area contributed by atoms with Crippen LogP contribution in [0.5, 0.6) is 11.5 Å². The number of aryl methyl sites for hydroxylation is 1. The predicted molar refractivity (Wildman–Crippen MR) is 107 cm³/mol. The van der Waals surface area contributed by atoms with Gasteiger partial charge in [0.2, 0.25) is 0 Å². The maximum atomic E-state index is 13.0. The summed E-state index contributed by atoms with van der Waals surface area (Å²) in [6, 6.07) is 11.7. The van der Waals surface area contributed by atoms with E-state index in [0.29, 0.717) is 34.0 Å². The summed E-state index contributed by atoms with van der Waals surface area (Å²) < 4.78 is 37.5. The number of carbonyl (C=O) groups is 1. The van der Waals surface area contributed by atoms with Crippen LogP contribution >= 0.6 is 0 Å². The molecule has 0 spiro atoms. The van der Waals surface area contributed by atoms with E-state index in [-0.39, 0.29) is 16.3 Å². The molecule has 2 aromatic carbocycles. The Hall–Kier alpha value is -3.33. The van der Waals surface area contributed by atoms with Crippen LogP contribution in [0.15, 0.2) is 47.4 Å². The lowest BCUT2D eigenvalue weighted by molar-refractivity contribution is 0.102. The first-order valence-electron chi connectivity index (χ1n) is 8.77. The van der Waals surface area contributed by atoms with E-state index in [2.05, 4.69) is 10.4 Å². The predicted octanol–water partition coefficient (Wildman–Crippen LogP) is 2.64. The number of nitrogens with one attached hydrogen (secondary N) is 1. The first kappa shape index (κ1) is 19.0. The zero-order valence-corrected chi connectivity index (χ0v) is 16.9. The van der Waals surface area contributed by atoms with Gasteiger partial charge in [-0.3, -0.25) is 9.48 Å². The summed E-state index contributed by atoms with van der Waals surface area (Å²) in [5.74, 6) is 0.202. The van der Waals surface area contributed by atoms with Crippen molar-refractivity contribution in [1.82, 2.24) is 9.78 Å². The van der Waals surface area contributed by atoms with Crippen molar-refractivity contribution in [1.29, 1.82) is 0 Å². The molecule has 4 rings (SSSR count). The van der Waals surface area contributed by atoms with Gasteiger partial charge in [-0.2, -0.15) is 5.10 Å². The number of hydrogen-bond acceptors (Lipinski definition) is 6. The molecular weight excluding hydrogens is 394 g/mol. The van der Waals surface area contributed by atoms with Crippen LogP contribution < -0.4 is 14.8 Å². The lowest BCUT2D eigenvalue weighted by Gasteiger charge is -2.18. The topological polar surface area (TPSA) is 99.5 Å². The average molecular weight is 413 g/mol. The Labute approximate surface area is 168 Å². The quantitative estimate of drug-likeness (QED) is 0.706. The third-order valence-corrected chi connectivity index (χ3v) is 6.52. The maximum absolute atomic E-state index is 13.0. The second-order valence-electron chi connectivity index (χ2n) is 6.57. The van der Waals surface area contributed by atoms with Crippen molar-refractivity contribution in [2.75, 3.05) is 19.5 Å². The van der Waals surface area contributed by atoms with Crippen molar-refractivity contribution in [2.45, 2.75) is 10.6 Å². The molecule has 150 valence electrons. The van der Waals surface area contributed by atoms with E-state index in [1.165, 1.54) is 14.2 Å². The molecule has 29 heavy (non-hydrogen) atoms. The Morgan fingerprint density at radius 1 is 1.14 bits per heavy atom. The van der Waals surface area contributed by atoms with Crippen LogP contribution in [0.4, 0.5) is 5.69 Å². The van der Waals surface area contributed by atoms with Gasteiger partial charge in [0, 0.05) is 24.2 Å². The highest BCUT2D eigenvalue weighted by molar-refractivity contribution is 7.90. The van der Waals surface area contributed by atoms with Crippen molar-refractivity contribution in [3.63, 3.8) is 0 Å². The van der Waals surface area contributed by atoms with Crippen LogP contribution in [0.2, 0.25) is 0 Å². The maximum Gasteiger partial charge on any atom is 0.276 e. The van der Waals surface area contributed by atoms with Gasteiger partial charge < -0.3 is 14.8 Å². The molecule has 0 saturated carbocycles. The Morgan fingerprint density at radius 3 is 2.62 bits per heavy atom. The van der Waals surface area contributed by atoms with Gasteiger partial charge in [-0.05, 0) is 18.2 Å². The normalized spacial score (nSPS) is 13.9. The molecule has 1 amide bonds. The molecule has 8 nitrogen and oxygen atoms in total.